The van der Waals surface area contributed by atoms with Gasteiger partial charge in [-0.15, -0.1) is 0 Å². The second kappa shape index (κ2) is 11.8. The maximum Gasteiger partial charge on any atom is 0.494 e. The average molecular weight is 596 g/mol. The maximum atomic E-state index is 6.24. The minimum absolute atomic E-state index is 0.344. The lowest BCUT2D eigenvalue weighted by molar-refractivity contribution is 0.00578. The van der Waals surface area contributed by atoms with E-state index in [9.17, 15) is 0 Å². The first-order valence-corrected chi connectivity index (χ1v) is 14.2. The van der Waals surface area contributed by atoms with Gasteiger partial charge in [-0.3, -0.25) is 0 Å². The molecule has 0 N–H and O–H groups in total. The smallest absolute Gasteiger partial charge is 0.399 e. The molecule has 0 radical (unpaired) electrons. The van der Waals surface area contributed by atoms with Gasteiger partial charge >= 0.3 is 7.12 Å². The summed E-state index contributed by atoms with van der Waals surface area (Å²) in [6.45, 7) is 12.0. The molecule has 1 aliphatic heterocycles. The lowest BCUT2D eigenvalue weighted by atomic mass is 9.78. The highest BCUT2D eigenvalue weighted by Gasteiger charge is 2.51. The van der Waals surface area contributed by atoms with Crippen molar-refractivity contribution in [3.63, 3.8) is 0 Å². The highest BCUT2D eigenvalue weighted by molar-refractivity contribution is 14.1. The van der Waals surface area contributed by atoms with E-state index in [1.807, 2.05) is 0 Å². The molecule has 0 bridgehead atoms. The fourth-order valence-electron chi connectivity index (χ4n) is 4.38. The van der Waals surface area contributed by atoms with E-state index in [1.54, 1.807) is 0 Å². The van der Waals surface area contributed by atoms with Crippen molar-refractivity contribution in [2.75, 3.05) is 6.61 Å². The third-order valence-corrected chi connectivity index (χ3v) is 8.07. The standard InChI is InChI=1S/C31H38BIO3/c1-6-7-8-9-18-34-22-23-19-26(21-27(20-23)25-12-16-29(33)17-13-25)24-10-14-28(15-11-24)32-35-30(2,3)31(4,5)36-32/h10-17,19-21H,6-9,18,22H2,1-5H3. The van der Waals surface area contributed by atoms with Gasteiger partial charge in [-0.1, -0.05) is 62.6 Å². The number of hydrogen-bond donors (Lipinski definition) is 0. The van der Waals surface area contributed by atoms with Crippen molar-refractivity contribution in [3.8, 4) is 22.3 Å². The Balaban J connectivity index is 1.56. The van der Waals surface area contributed by atoms with Crippen LogP contribution in [0.2, 0.25) is 0 Å². The van der Waals surface area contributed by atoms with E-state index >= 15 is 0 Å². The molecule has 0 unspecified atom stereocenters. The van der Waals surface area contributed by atoms with Crippen molar-refractivity contribution < 1.29 is 14.0 Å². The predicted octanol–water partition coefficient (Wildman–Crippen LogP) is 8.02. The Morgan fingerprint density at radius 1 is 0.722 bits per heavy atom. The number of unbranched alkanes of at least 4 members (excludes halogenated alkanes) is 3. The average Bonchev–Trinajstić information content (AvgIpc) is 3.08. The summed E-state index contributed by atoms with van der Waals surface area (Å²) in [5.74, 6) is 0. The van der Waals surface area contributed by atoms with Crippen LogP contribution in [0.1, 0.15) is 65.9 Å². The van der Waals surface area contributed by atoms with Crippen LogP contribution in [-0.4, -0.2) is 24.9 Å². The van der Waals surface area contributed by atoms with Gasteiger partial charge in [0.1, 0.15) is 0 Å². The minimum Gasteiger partial charge on any atom is -0.399 e. The molecule has 0 aliphatic carbocycles. The zero-order chi connectivity index (χ0) is 25.8. The van der Waals surface area contributed by atoms with Crippen molar-refractivity contribution in [2.45, 2.75) is 78.1 Å². The quantitative estimate of drug-likeness (QED) is 0.135. The molecule has 1 fully saturated rings. The van der Waals surface area contributed by atoms with Crippen LogP contribution >= 0.6 is 22.6 Å². The van der Waals surface area contributed by atoms with Gasteiger partial charge in [-0.25, -0.2) is 0 Å². The molecule has 3 aromatic carbocycles. The predicted molar refractivity (Wildman–Crippen MR) is 160 cm³/mol. The topological polar surface area (TPSA) is 27.7 Å². The third kappa shape index (κ3) is 6.60. The summed E-state index contributed by atoms with van der Waals surface area (Å²) in [4.78, 5) is 0. The Labute approximate surface area is 231 Å². The Morgan fingerprint density at radius 2 is 1.28 bits per heavy atom. The Hall–Kier alpha value is -1.67. The summed E-state index contributed by atoms with van der Waals surface area (Å²) in [5, 5.41) is 0. The fraction of sp³-hybridized carbons (Fsp3) is 0.419. The molecular formula is C31H38BIO3. The molecule has 0 saturated carbocycles. The van der Waals surface area contributed by atoms with Crippen LogP contribution in [0.25, 0.3) is 22.3 Å². The highest BCUT2D eigenvalue weighted by atomic mass is 127. The van der Waals surface area contributed by atoms with Gasteiger partial charge in [0, 0.05) is 10.2 Å². The minimum atomic E-state index is -0.348. The van der Waals surface area contributed by atoms with Crippen LogP contribution in [0.4, 0.5) is 0 Å². The van der Waals surface area contributed by atoms with Gasteiger partial charge in [0.05, 0.1) is 17.8 Å². The molecule has 190 valence electrons. The normalized spacial score (nSPS) is 16.4. The second-order valence-corrected chi connectivity index (χ2v) is 12.0. The first kappa shape index (κ1) is 27.4. The molecule has 3 aromatic rings. The lowest BCUT2D eigenvalue weighted by Crippen LogP contribution is -2.41. The van der Waals surface area contributed by atoms with Crippen molar-refractivity contribution in [2.24, 2.45) is 0 Å². The zero-order valence-electron chi connectivity index (χ0n) is 22.3. The molecule has 1 heterocycles. The molecule has 4 rings (SSSR count). The summed E-state index contributed by atoms with van der Waals surface area (Å²) in [7, 11) is -0.348. The summed E-state index contributed by atoms with van der Waals surface area (Å²) in [5.41, 5.74) is 6.35. The fourth-order valence-corrected chi connectivity index (χ4v) is 4.74. The molecule has 0 aromatic heterocycles. The van der Waals surface area contributed by atoms with Crippen LogP contribution in [0, 0.1) is 3.57 Å². The van der Waals surface area contributed by atoms with Gasteiger partial charge in [-0.2, -0.15) is 0 Å². The largest absolute Gasteiger partial charge is 0.494 e. The van der Waals surface area contributed by atoms with E-state index in [1.165, 1.54) is 50.6 Å². The second-order valence-electron chi connectivity index (χ2n) is 10.7. The number of halogens is 1. The molecule has 0 atom stereocenters. The van der Waals surface area contributed by atoms with Gasteiger partial charge in [-0.05, 0) is 120 Å². The van der Waals surface area contributed by atoms with E-state index < -0.39 is 0 Å². The van der Waals surface area contributed by atoms with Crippen molar-refractivity contribution in [1.29, 1.82) is 0 Å². The first-order valence-electron chi connectivity index (χ1n) is 13.1. The van der Waals surface area contributed by atoms with Crippen LogP contribution in [0.3, 0.4) is 0 Å². The SMILES string of the molecule is CCCCCCOCc1cc(-c2ccc(I)cc2)cc(-c2ccc(B3OC(C)(C)C(C)(C)O3)cc2)c1. The van der Waals surface area contributed by atoms with E-state index in [2.05, 4.69) is 124 Å². The zero-order valence-corrected chi connectivity index (χ0v) is 24.4. The van der Waals surface area contributed by atoms with Gasteiger partial charge in [0.25, 0.3) is 0 Å². The molecule has 5 heteroatoms. The molecule has 0 amide bonds. The molecule has 3 nitrogen and oxygen atoms in total. The number of hydrogen-bond acceptors (Lipinski definition) is 3. The molecule has 0 spiro atoms. The summed E-state index contributed by atoms with van der Waals surface area (Å²) in [6.07, 6.45) is 4.88. The highest BCUT2D eigenvalue weighted by Crippen LogP contribution is 2.36. The molecule has 1 saturated heterocycles. The third-order valence-electron chi connectivity index (χ3n) is 7.35. The van der Waals surface area contributed by atoms with E-state index in [-0.39, 0.29) is 18.3 Å². The molecule has 1 aliphatic rings. The number of ether oxygens (including phenoxy) is 1. The molecular weight excluding hydrogens is 558 g/mol. The van der Waals surface area contributed by atoms with E-state index in [4.69, 9.17) is 14.0 Å². The van der Waals surface area contributed by atoms with Crippen LogP contribution in [0.15, 0.2) is 66.7 Å². The van der Waals surface area contributed by atoms with E-state index in [0.717, 1.165) is 18.5 Å². The van der Waals surface area contributed by atoms with Crippen LogP contribution in [-0.2, 0) is 20.7 Å². The lowest BCUT2D eigenvalue weighted by Gasteiger charge is -2.32. The van der Waals surface area contributed by atoms with Crippen LogP contribution < -0.4 is 5.46 Å². The van der Waals surface area contributed by atoms with Crippen molar-refractivity contribution in [3.05, 3.63) is 75.9 Å². The maximum absolute atomic E-state index is 6.24. The van der Waals surface area contributed by atoms with Crippen molar-refractivity contribution in [1.82, 2.24) is 0 Å². The van der Waals surface area contributed by atoms with Gasteiger partial charge < -0.3 is 14.0 Å². The van der Waals surface area contributed by atoms with Crippen molar-refractivity contribution >= 4 is 35.2 Å². The number of rotatable bonds is 10. The summed E-state index contributed by atoms with van der Waals surface area (Å²) in [6, 6.07) is 24.1. The molecule has 36 heavy (non-hydrogen) atoms. The van der Waals surface area contributed by atoms with Crippen LogP contribution in [0.5, 0.6) is 0 Å². The Bertz CT molecular complexity index is 1120. The van der Waals surface area contributed by atoms with Gasteiger partial charge in [0.2, 0.25) is 0 Å². The van der Waals surface area contributed by atoms with Gasteiger partial charge in [0.15, 0.2) is 0 Å². The Kier molecular flexibility index (Phi) is 8.98. The first-order chi connectivity index (χ1) is 17.2. The van der Waals surface area contributed by atoms with E-state index in [0.29, 0.717) is 6.61 Å². The summed E-state index contributed by atoms with van der Waals surface area (Å²) < 4.78 is 19.8. The number of benzene rings is 3. The summed E-state index contributed by atoms with van der Waals surface area (Å²) >= 11 is 2.35. The monoisotopic (exact) mass is 596 g/mol. The Morgan fingerprint density at radius 3 is 1.83 bits per heavy atom.